The van der Waals surface area contributed by atoms with Crippen LogP contribution in [0.3, 0.4) is 0 Å². The number of nitrogens with zero attached hydrogens (tertiary/aromatic N) is 5. The molecule has 9 nitrogen and oxygen atoms in total. The van der Waals surface area contributed by atoms with Crippen LogP contribution in [0.1, 0.15) is 6.04 Å². The highest BCUT2D eigenvalue weighted by molar-refractivity contribution is 5.88. The van der Waals surface area contributed by atoms with Gasteiger partial charge >= 0.3 is 0 Å². The topological polar surface area (TPSA) is 104 Å². The number of ether oxygens (including phenoxy) is 2. The lowest BCUT2D eigenvalue weighted by Gasteiger charge is -2.21. The number of nitrogens with one attached hydrogen (secondary N) is 1. The minimum atomic E-state index is -0.287. The van der Waals surface area contributed by atoms with Crippen LogP contribution >= 0.6 is 0 Å². The van der Waals surface area contributed by atoms with Gasteiger partial charge in [0.2, 0.25) is 0 Å². The van der Waals surface area contributed by atoms with Crippen LogP contribution in [0.4, 0.5) is 5.82 Å². The maximum atomic E-state index is 12.7. The van der Waals surface area contributed by atoms with Gasteiger partial charge in [0.1, 0.15) is 23.9 Å². The standard InChI is InChI=1S/C22H20N6O3/c1-30-15-4-2-3-14(9-15)17-5-6-21(29)28(27-17)20-12-31-11-19(20)26-22-16-7-8-23-10-18(16)24-13-25-22/h2-10,13,19-20H,11-12H2,1H3,(H,24,25,26). The molecule has 1 N–H and O–H groups in total. The molecule has 2 unspecified atom stereocenters. The molecule has 1 aromatic carbocycles. The lowest BCUT2D eigenvalue weighted by Crippen LogP contribution is -2.37. The molecule has 0 aliphatic carbocycles. The number of methoxy groups -OCH3 is 1. The highest BCUT2D eigenvalue weighted by Gasteiger charge is 2.32. The number of hydrogen-bond acceptors (Lipinski definition) is 8. The van der Waals surface area contributed by atoms with Crippen LogP contribution in [0.2, 0.25) is 0 Å². The second kappa shape index (κ2) is 8.11. The van der Waals surface area contributed by atoms with Crippen molar-refractivity contribution in [2.45, 2.75) is 12.1 Å². The molecule has 5 rings (SSSR count). The Bertz CT molecular complexity index is 1290. The largest absolute Gasteiger partial charge is 0.497 e. The summed E-state index contributed by atoms with van der Waals surface area (Å²) in [6.45, 7) is 0.801. The molecule has 0 bridgehead atoms. The van der Waals surface area contributed by atoms with Crippen molar-refractivity contribution in [3.63, 3.8) is 0 Å². The fourth-order valence-electron chi connectivity index (χ4n) is 3.72. The second-order valence-corrected chi connectivity index (χ2v) is 7.20. The molecule has 1 aliphatic rings. The van der Waals surface area contributed by atoms with Gasteiger partial charge in [-0.15, -0.1) is 0 Å². The minimum Gasteiger partial charge on any atom is -0.497 e. The average Bonchev–Trinajstić information content (AvgIpc) is 3.27. The number of fused-ring (bicyclic) bond motifs is 1. The maximum absolute atomic E-state index is 12.7. The first-order valence-corrected chi connectivity index (χ1v) is 9.86. The number of anilines is 1. The summed E-state index contributed by atoms with van der Waals surface area (Å²) >= 11 is 0. The Hall–Kier alpha value is -3.85. The van der Waals surface area contributed by atoms with Crippen molar-refractivity contribution in [2.24, 2.45) is 0 Å². The number of pyridine rings is 1. The van der Waals surface area contributed by atoms with Crippen LogP contribution in [0.15, 0.2) is 66.0 Å². The van der Waals surface area contributed by atoms with Crippen molar-refractivity contribution in [1.29, 1.82) is 0 Å². The molecular formula is C22H20N6O3. The van der Waals surface area contributed by atoms with Gasteiger partial charge in [0, 0.05) is 23.2 Å². The van der Waals surface area contributed by atoms with Gasteiger partial charge in [-0.05, 0) is 24.3 Å². The quantitative estimate of drug-likeness (QED) is 0.529. The molecule has 4 aromatic rings. The van der Waals surface area contributed by atoms with Gasteiger partial charge in [-0.1, -0.05) is 12.1 Å². The van der Waals surface area contributed by atoms with E-state index < -0.39 is 0 Å². The van der Waals surface area contributed by atoms with E-state index in [0.717, 1.165) is 22.2 Å². The third-order valence-electron chi connectivity index (χ3n) is 5.32. The zero-order valence-corrected chi connectivity index (χ0v) is 16.8. The zero-order chi connectivity index (χ0) is 21.2. The van der Waals surface area contributed by atoms with Crippen molar-refractivity contribution < 1.29 is 9.47 Å². The van der Waals surface area contributed by atoms with Crippen molar-refractivity contribution in [1.82, 2.24) is 24.7 Å². The predicted molar refractivity (Wildman–Crippen MR) is 115 cm³/mol. The molecule has 0 saturated carbocycles. The van der Waals surface area contributed by atoms with E-state index in [0.29, 0.717) is 24.7 Å². The Labute approximate surface area is 177 Å². The molecule has 31 heavy (non-hydrogen) atoms. The summed E-state index contributed by atoms with van der Waals surface area (Å²) in [6.07, 6.45) is 4.88. The number of rotatable bonds is 5. The molecule has 2 atom stereocenters. The van der Waals surface area contributed by atoms with E-state index in [4.69, 9.17) is 9.47 Å². The fourth-order valence-corrected chi connectivity index (χ4v) is 3.72. The Morgan fingerprint density at radius 2 is 2.10 bits per heavy atom. The van der Waals surface area contributed by atoms with Gasteiger partial charge in [0.05, 0.1) is 43.8 Å². The van der Waals surface area contributed by atoms with E-state index in [1.807, 2.05) is 30.3 Å². The molecule has 0 radical (unpaired) electrons. The molecule has 9 heteroatoms. The molecule has 4 heterocycles. The summed E-state index contributed by atoms with van der Waals surface area (Å²) in [5.74, 6) is 1.40. The summed E-state index contributed by atoms with van der Waals surface area (Å²) in [5, 5.41) is 8.91. The first-order valence-electron chi connectivity index (χ1n) is 9.86. The summed E-state index contributed by atoms with van der Waals surface area (Å²) in [6, 6.07) is 12.2. The van der Waals surface area contributed by atoms with Crippen LogP contribution < -0.4 is 15.6 Å². The molecular weight excluding hydrogens is 396 g/mol. The average molecular weight is 416 g/mol. The van der Waals surface area contributed by atoms with E-state index in [1.165, 1.54) is 17.1 Å². The Morgan fingerprint density at radius 1 is 1.16 bits per heavy atom. The molecule has 0 spiro atoms. The summed E-state index contributed by atoms with van der Waals surface area (Å²) < 4.78 is 12.5. The van der Waals surface area contributed by atoms with E-state index in [1.54, 1.807) is 25.6 Å². The van der Waals surface area contributed by atoms with Crippen molar-refractivity contribution in [2.75, 3.05) is 25.6 Å². The predicted octanol–water partition coefficient (Wildman–Crippen LogP) is 2.31. The molecule has 1 saturated heterocycles. The molecule has 1 aliphatic heterocycles. The lowest BCUT2D eigenvalue weighted by molar-refractivity contribution is 0.183. The van der Waals surface area contributed by atoms with Crippen molar-refractivity contribution in [3.05, 3.63) is 71.5 Å². The van der Waals surface area contributed by atoms with Gasteiger partial charge in [0.25, 0.3) is 5.56 Å². The zero-order valence-electron chi connectivity index (χ0n) is 16.8. The Kier molecular flexibility index (Phi) is 5.01. The highest BCUT2D eigenvalue weighted by Crippen LogP contribution is 2.26. The number of aromatic nitrogens is 5. The van der Waals surface area contributed by atoms with Crippen LogP contribution in [0.5, 0.6) is 5.75 Å². The summed E-state index contributed by atoms with van der Waals surface area (Å²) in [5.41, 5.74) is 2.10. The molecule has 3 aromatic heterocycles. The lowest BCUT2D eigenvalue weighted by atomic mass is 10.1. The monoisotopic (exact) mass is 416 g/mol. The fraction of sp³-hybridized carbons (Fsp3) is 0.227. The molecule has 1 fully saturated rings. The first-order chi connectivity index (χ1) is 15.2. The number of benzene rings is 1. The van der Waals surface area contributed by atoms with E-state index in [9.17, 15) is 4.79 Å². The smallest absolute Gasteiger partial charge is 0.267 e. The molecule has 156 valence electrons. The van der Waals surface area contributed by atoms with Crippen molar-refractivity contribution >= 4 is 16.7 Å². The maximum Gasteiger partial charge on any atom is 0.267 e. The van der Waals surface area contributed by atoms with Crippen LogP contribution in [0.25, 0.3) is 22.2 Å². The SMILES string of the molecule is COc1cccc(-c2ccc(=O)n(C3COCC3Nc3ncnc4cnccc34)n2)c1. The highest BCUT2D eigenvalue weighted by atomic mass is 16.5. The van der Waals surface area contributed by atoms with E-state index >= 15 is 0 Å². The van der Waals surface area contributed by atoms with Gasteiger partial charge < -0.3 is 14.8 Å². The minimum absolute atomic E-state index is 0.183. The Morgan fingerprint density at radius 3 is 3.00 bits per heavy atom. The van der Waals surface area contributed by atoms with Crippen LogP contribution in [0, 0.1) is 0 Å². The molecule has 0 amide bonds. The summed E-state index contributed by atoms with van der Waals surface area (Å²) in [7, 11) is 1.62. The second-order valence-electron chi connectivity index (χ2n) is 7.20. The van der Waals surface area contributed by atoms with Gasteiger partial charge in [-0.3, -0.25) is 9.78 Å². The third kappa shape index (κ3) is 3.71. The van der Waals surface area contributed by atoms with Gasteiger partial charge in [-0.2, -0.15) is 5.10 Å². The van der Waals surface area contributed by atoms with E-state index in [2.05, 4.69) is 25.4 Å². The summed E-state index contributed by atoms with van der Waals surface area (Å²) in [4.78, 5) is 25.4. The van der Waals surface area contributed by atoms with Gasteiger partial charge in [0.15, 0.2) is 0 Å². The normalized spacial score (nSPS) is 18.2. The Balaban J connectivity index is 1.48. The van der Waals surface area contributed by atoms with E-state index in [-0.39, 0.29) is 17.6 Å². The van der Waals surface area contributed by atoms with Crippen molar-refractivity contribution in [3.8, 4) is 17.0 Å². The third-order valence-corrected chi connectivity index (χ3v) is 5.32. The van der Waals surface area contributed by atoms with Gasteiger partial charge in [-0.25, -0.2) is 14.6 Å². The number of hydrogen-bond donors (Lipinski definition) is 1. The van der Waals surface area contributed by atoms with Crippen LogP contribution in [-0.2, 0) is 4.74 Å². The first kappa shape index (κ1) is 19.1. The van der Waals surface area contributed by atoms with Crippen LogP contribution in [-0.4, -0.2) is 51.1 Å².